The number of morpholine rings is 1. The SMILES string of the molecule is C[C@H](NC(=O)[C@@H](C)Oc1cccc(Cl)c1)C(=O)N1CCOCC1. The zero-order chi connectivity index (χ0) is 16.8. The minimum atomic E-state index is -0.728. The lowest BCUT2D eigenvalue weighted by atomic mass is 10.2. The van der Waals surface area contributed by atoms with Gasteiger partial charge in [-0.2, -0.15) is 0 Å². The maximum Gasteiger partial charge on any atom is 0.261 e. The maximum atomic E-state index is 12.3. The first kappa shape index (κ1) is 17.6. The highest BCUT2D eigenvalue weighted by molar-refractivity contribution is 6.30. The summed E-state index contributed by atoms with van der Waals surface area (Å²) in [6.45, 7) is 5.45. The predicted molar refractivity (Wildman–Crippen MR) is 86.5 cm³/mol. The van der Waals surface area contributed by atoms with Crippen molar-refractivity contribution in [2.24, 2.45) is 0 Å². The molecular weight excluding hydrogens is 320 g/mol. The van der Waals surface area contributed by atoms with Crippen molar-refractivity contribution in [1.29, 1.82) is 0 Å². The van der Waals surface area contributed by atoms with E-state index in [1.807, 2.05) is 0 Å². The summed E-state index contributed by atoms with van der Waals surface area (Å²) in [6.07, 6.45) is -0.728. The zero-order valence-corrected chi connectivity index (χ0v) is 14.0. The third kappa shape index (κ3) is 5.11. The molecule has 1 aromatic rings. The molecule has 0 unspecified atom stereocenters. The minimum Gasteiger partial charge on any atom is -0.481 e. The van der Waals surface area contributed by atoms with Crippen molar-refractivity contribution >= 4 is 23.4 Å². The predicted octanol–water partition coefficient (Wildman–Crippen LogP) is 1.47. The van der Waals surface area contributed by atoms with Gasteiger partial charge in [0.15, 0.2) is 6.10 Å². The molecule has 1 aliphatic rings. The lowest BCUT2D eigenvalue weighted by molar-refractivity contribution is -0.140. The summed E-state index contributed by atoms with van der Waals surface area (Å²) >= 11 is 5.88. The molecule has 0 aliphatic carbocycles. The summed E-state index contributed by atoms with van der Waals surface area (Å²) < 4.78 is 10.8. The van der Waals surface area contributed by atoms with Crippen LogP contribution in [0.4, 0.5) is 0 Å². The monoisotopic (exact) mass is 340 g/mol. The Morgan fingerprint density at radius 3 is 2.65 bits per heavy atom. The number of nitrogens with one attached hydrogen (secondary N) is 1. The van der Waals surface area contributed by atoms with Crippen LogP contribution < -0.4 is 10.1 Å². The van der Waals surface area contributed by atoms with Gasteiger partial charge < -0.3 is 19.7 Å². The van der Waals surface area contributed by atoms with Crippen molar-refractivity contribution in [1.82, 2.24) is 10.2 Å². The molecule has 1 heterocycles. The van der Waals surface area contributed by atoms with E-state index in [9.17, 15) is 9.59 Å². The number of halogens is 1. The van der Waals surface area contributed by atoms with Crippen LogP contribution in [-0.2, 0) is 14.3 Å². The van der Waals surface area contributed by atoms with Crippen LogP contribution in [0.2, 0.25) is 5.02 Å². The Morgan fingerprint density at radius 1 is 1.30 bits per heavy atom. The molecule has 6 nitrogen and oxygen atoms in total. The first-order chi connectivity index (χ1) is 11.0. The molecule has 1 saturated heterocycles. The molecule has 0 saturated carbocycles. The Bertz CT molecular complexity index is 561. The number of hydrogen-bond acceptors (Lipinski definition) is 4. The number of amides is 2. The molecule has 7 heteroatoms. The molecule has 0 bridgehead atoms. The fraction of sp³-hybridized carbons (Fsp3) is 0.500. The largest absolute Gasteiger partial charge is 0.481 e. The van der Waals surface area contributed by atoms with Gasteiger partial charge in [-0.3, -0.25) is 9.59 Å². The zero-order valence-electron chi connectivity index (χ0n) is 13.3. The molecule has 1 N–H and O–H groups in total. The van der Waals surface area contributed by atoms with Crippen molar-refractivity contribution in [3.63, 3.8) is 0 Å². The number of carbonyl (C=O) groups is 2. The average molecular weight is 341 g/mol. The highest BCUT2D eigenvalue weighted by Crippen LogP contribution is 2.18. The summed E-state index contributed by atoms with van der Waals surface area (Å²) in [7, 11) is 0. The smallest absolute Gasteiger partial charge is 0.261 e. The quantitative estimate of drug-likeness (QED) is 0.881. The van der Waals surface area contributed by atoms with Crippen LogP contribution in [0.15, 0.2) is 24.3 Å². The van der Waals surface area contributed by atoms with Crippen LogP contribution in [-0.4, -0.2) is 55.2 Å². The van der Waals surface area contributed by atoms with Crippen LogP contribution in [0.1, 0.15) is 13.8 Å². The first-order valence-electron chi connectivity index (χ1n) is 7.56. The number of nitrogens with zero attached hydrogens (tertiary/aromatic N) is 1. The van der Waals surface area contributed by atoms with E-state index in [0.29, 0.717) is 37.1 Å². The second kappa shape index (κ2) is 8.17. The summed E-state index contributed by atoms with van der Waals surface area (Å²) in [5.41, 5.74) is 0. The van der Waals surface area contributed by atoms with Gasteiger partial charge in [0.05, 0.1) is 13.2 Å². The second-order valence-corrected chi connectivity index (χ2v) is 5.82. The molecule has 2 amide bonds. The molecule has 0 aromatic heterocycles. The van der Waals surface area contributed by atoms with Crippen LogP contribution >= 0.6 is 11.6 Å². The second-order valence-electron chi connectivity index (χ2n) is 5.39. The molecular formula is C16H21ClN2O4. The summed E-state index contributed by atoms with van der Waals surface area (Å²) in [6, 6.07) is 6.21. The van der Waals surface area contributed by atoms with Gasteiger partial charge in [0.1, 0.15) is 11.8 Å². The molecule has 0 radical (unpaired) electrons. The third-order valence-corrected chi connectivity index (χ3v) is 3.77. The average Bonchev–Trinajstić information content (AvgIpc) is 2.54. The molecule has 0 spiro atoms. The van der Waals surface area contributed by atoms with Gasteiger partial charge in [0.25, 0.3) is 5.91 Å². The molecule has 1 aliphatic heterocycles. The van der Waals surface area contributed by atoms with Crippen molar-refractivity contribution in [3.05, 3.63) is 29.3 Å². The Morgan fingerprint density at radius 2 is 2.00 bits per heavy atom. The van der Waals surface area contributed by atoms with E-state index in [0.717, 1.165) is 0 Å². The fourth-order valence-corrected chi connectivity index (χ4v) is 2.43. The Kier molecular flexibility index (Phi) is 6.24. The highest BCUT2D eigenvalue weighted by Gasteiger charge is 2.25. The molecule has 2 rings (SSSR count). The molecule has 1 aromatic carbocycles. The molecule has 126 valence electrons. The number of rotatable bonds is 5. The van der Waals surface area contributed by atoms with E-state index in [-0.39, 0.29) is 11.8 Å². The van der Waals surface area contributed by atoms with Gasteiger partial charge in [-0.25, -0.2) is 0 Å². The molecule has 1 fully saturated rings. The van der Waals surface area contributed by atoms with Gasteiger partial charge in [-0.05, 0) is 32.0 Å². The standard InChI is InChI=1S/C16H21ClN2O4/c1-11(16(21)19-6-8-22-9-7-19)18-15(20)12(2)23-14-5-3-4-13(17)10-14/h3-5,10-12H,6-9H2,1-2H3,(H,18,20)/t11-,12+/m0/s1. The number of hydrogen-bond donors (Lipinski definition) is 1. The lowest BCUT2D eigenvalue weighted by Gasteiger charge is -2.29. The van der Waals surface area contributed by atoms with Crippen LogP contribution in [0.5, 0.6) is 5.75 Å². The van der Waals surface area contributed by atoms with Gasteiger partial charge in [0.2, 0.25) is 5.91 Å². The summed E-state index contributed by atoms with van der Waals surface area (Å²) in [5, 5.41) is 3.22. The lowest BCUT2D eigenvalue weighted by Crippen LogP contribution is -2.52. The highest BCUT2D eigenvalue weighted by atomic mass is 35.5. The number of carbonyl (C=O) groups excluding carboxylic acids is 2. The van der Waals surface area contributed by atoms with E-state index in [1.54, 1.807) is 43.0 Å². The van der Waals surface area contributed by atoms with Gasteiger partial charge in [-0.1, -0.05) is 17.7 Å². The fourth-order valence-electron chi connectivity index (χ4n) is 2.25. The van der Waals surface area contributed by atoms with Gasteiger partial charge in [0, 0.05) is 18.1 Å². The van der Waals surface area contributed by atoms with Gasteiger partial charge in [-0.15, -0.1) is 0 Å². The minimum absolute atomic E-state index is 0.114. The normalized spacial score (nSPS) is 17.3. The van der Waals surface area contributed by atoms with Crippen molar-refractivity contribution in [2.75, 3.05) is 26.3 Å². The first-order valence-corrected chi connectivity index (χ1v) is 7.94. The summed E-state index contributed by atoms with van der Waals surface area (Å²) in [5.74, 6) is 0.0444. The third-order valence-electron chi connectivity index (χ3n) is 3.53. The Balaban J connectivity index is 1.85. The van der Waals surface area contributed by atoms with Crippen LogP contribution in [0.25, 0.3) is 0 Å². The maximum absolute atomic E-state index is 12.3. The van der Waals surface area contributed by atoms with Gasteiger partial charge >= 0.3 is 0 Å². The van der Waals surface area contributed by atoms with E-state index in [2.05, 4.69) is 5.32 Å². The molecule has 23 heavy (non-hydrogen) atoms. The van der Waals surface area contributed by atoms with Crippen LogP contribution in [0.3, 0.4) is 0 Å². The van der Waals surface area contributed by atoms with E-state index in [1.165, 1.54) is 0 Å². The summed E-state index contributed by atoms with van der Waals surface area (Å²) in [4.78, 5) is 26.1. The van der Waals surface area contributed by atoms with E-state index < -0.39 is 12.1 Å². The topological polar surface area (TPSA) is 67.9 Å². The van der Waals surface area contributed by atoms with E-state index in [4.69, 9.17) is 21.1 Å². The number of benzene rings is 1. The van der Waals surface area contributed by atoms with Crippen molar-refractivity contribution in [3.8, 4) is 5.75 Å². The van der Waals surface area contributed by atoms with Crippen molar-refractivity contribution < 1.29 is 19.1 Å². The van der Waals surface area contributed by atoms with Crippen LogP contribution in [0, 0.1) is 0 Å². The van der Waals surface area contributed by atoms with E-state index >= 15 is 0 Å². The Hall–Kier alpha value is -1.79. The Labute approximate surface area is 140 Å². The number of ether oxygens (including phenoxy) is 2. The van der Waals surface area contributed by atoms with Crippen molar-refractivity contribution in [2.45, 2.75) is 26.0 Å². The molecule has 2 atom stereocenters.